The van der Waals surface area contributed by atoms with Crippen molar-refractivity contribution in [2.75, 3.05) is 0 Å². The highest BCUT2D eigenvalue weighted by Crippen LogP contribution is 2.64. The van der Waals surface area contributed by atoms with Crippen LogP contribution in [0, 0.1) is 28.6 Å². The summed E-state index contributed by atoms with van der Waals surface area (Å²) < 4.78 is 0. The molecule has 0 amide bonds. The predicted molar refractivity (Wildman–Crippen MR) is 85.1 cm³/mol. The zero-order valence-corrected chi connectivity index (χ0v) is 13.8. The molecule has 8 atom stereocenters. The van der Waals surface area contributed by atoms with Gasteiger partial charge in [-0.1, -0.05) is 25.5 Å². The summed E-state index contributed by atoms with van der Waals surface area (Å²) in [5.41, 5.74) is 1.62. The molecule has 124 valence electrons. The number of hydrogen-bond donors (Lipinski definition) is 3. The van der Waals surface area contributed by atoms with E-state index in [4.69, 9.17) is 0 Å². The van der Waals surface area contributed by atoms with Crippen molar-refractivity contribution in [3.05, 3.63) is 11.6 Å². The second-order valence-electron chi connectivity index (χ2n) is 8.95. The lowest BCUT2D eigenvalue weighted by atomic mass is 9.48. The first-order valence-corrected chi connectivity index (χ1v) is 9.10. The smallest absolute Gasteiger partial charge is 0.0855 e. The van der Waals surface area contributed by atoms with Crippen LogP contribution in [-0.2, 0) is 0 Å². The number of rotatable bonds is 0. The maximum absolute atomic E-state index is 10.5. The van der Waals surface area contributed by atoms with Crippen molar-refractivity contribution in [2.45, 2.75) is 77.1 Å². The Morgan fingerprint density at radius 1 is 1.05 bits per heavy atom. The molecule has 0 aromatic rings. The molecule has 0 bridgehead atoms. The van der Waals surface area contributed by atoms with Crippen LogP contribution in [0.1, 0.15) is 58.8 Å². The van der Waals surface area contributed by atoms with E-state index in [1.165, 1.54) is 5.57 Å². The van der Waals surface area contributed by atoms with E-state index >= 15 is 0 Å². The maximum atomic E-state index is 10.5. The molecule has 0 spiro atoms. The molecule has 3 saturated carbocycles. The van der Waals surface area contributed by atoms with Gasteiger partial charge in [0.15, 0.2) is 0 Å². The Hall–Kier alpha value is -0.380. The highest BCUT2D eigenvalue weighted by Gasteiger charge is 2.60. The fraction of sp³-hybridized carbons (Fsp3) is 0.895. The summed E-state index contributed by atoms with van der Waals surface area (Å²) in [6.07, 6.45) is 8.04. The van der Waals surface area contributed by atoms with Crippen LogP contribution in [0.15, 0.2) is 11.6 Å². The lowest BCUT2D eigenvalue weighted by Crippen LogP contribution is -2.51. The van der Waals surface area contributed by atoms with Gasteiger partial charge in [-0.2, -0.15) is 0 Å². The van der Waals surface area contributed by atoms with E-state index in [0.717, 1.165) is 44.9 Å². The van der Waals surface area contributed by atoms with Gasteiger partial charge in [0.1, 0.15) is 0 Å². The van der Waals surface area contributed by atoms with Crippen molar-refractivity contribution < 1.29 is 15.3 Å². The van der Waals surface area contributed by atoms with Gasteiger partial charge in [0, 0.05) is 0 Å². The van der Waals surface area contributed by atoms with Crippen molar-refractivity contribution in [3.63, 3.8) is 0 Å². The highest BCUT2D eigenvalue weighted by atomic mass is 16.3. The molecule has 0 aliphatic heterocycles. The summed E-state index contributed by atoms with van der Waals surface area (Å²) in [6.45, 7) is 4.60. The third-order valence-corrected chi connectivity index (χ3v) is 8.05. The molecular weight excluding hydrogens is 276 g/mol. The van der Waals surface area contributed by atoms with Crippen LogP contribution in [0.2, 0.25) is 0 Å². The molecule has 22 heavy (non-hydrogen) atoms. The van der Waals surface area contributed by atoms with Crippen LogP contribution in [0.25, 0.3) is 0 Å². The highest BCUT2D eigenvalue weighted by molar-refractivity contribution is 5.25. The SMILES string of the molecule is C[C@]12CC[C@H]3[C@@H](CC=C4C[C@H](O)CC[C@@]43C)[C@@H]1C[C@@H](O)[C@H]2O. The van der Waals surface area contributed by atoms with Crippen molar-refractivity contribution in [1.82, 2.24) is 0 Å². The number of aliphatic hydroxyl groups is 3. The molecule has 0 aromatic carbocycles. The maximum Gasteiger partial charge on any atom is 0.0855 e. The van der Waals surface area contributed by atoms with Gasteiger partial charge >= 0.3 is 0 Å². The minimum atomic E-state index is -0.551. The average molecular weight is 306 g/mol. The van der Waals surface area contributed by atoms with Crippen LogP contribution in [0.3, 0.4) is 0 Å². The Kier molecular flexibility index (Phi) is 3.32. The quantitative estimate of drug-likeness (QED) is 0.603. The first-order valence-electron chi connectivity index (χ1n) is 9.10. The Morgan fingerprint density at radius 2 is 1.82 bits per heavy atom. The predicted octanol–water partition coefficient (Wildman–Crippen LogP) is 2.64. The van der Waals surface area contributed by atoms with Gasteiger partial charge in [0.05, 0.1) is 18.3 Å². The zero-order valence-electron chi connectivity index (χ0n) is 13.8. The molecule has 3 heteroatoms. The molecule has 4 rings (SSSR count). The molecule has 0 unspecified atom stereocenters. The summed E-state index contributed by atoms with van der Waals surface area (Å²) in [5.74, 6) is 1.70. The fourth-order valence-corrected chi connectivity index (χ4v) is 6.63. The van der Waals surface area contributed by atoms with Gasteiger partial charge in [-0.15, -0.1) is 0 Å². The van der Waals surface area contributed by atoms with E-state index in [-0.39, 0.29) is 16.9 Å². The lowest BCUT2D eigenvalue weighted by molar-refractivity contribution is -0.0817. The molecular formula is C19H30O3. The van der Waals surface area contributed by atoms with E-state index in [1.54, 1.807) is 0 Å². The third kappa shape index (κ3) is 1.85. The topological polar surface area (TPSA) is 60.7 Å². The van der Waals surface area contributed by atoms with Crippen molar-refractivity contribution >= 4 is 0 Å². The fourth-order valence-electron chi connectivity index (χ4n) is 6.63. The third-order valence-electron chi connectivity index (χ3n) is 8.05. The lowest BCUT2D eigenvalue weighted by Gasteiger charge is -2.57. The molecule has 3 N–H and O–H groups in total. The first kappa shape index (κ1) is 15.2. The van der Waals surface area contributed by atoms with Gasteiger partial charge in [-0.25, -0.2) is 0 Å². The molecule has 0 aromatic heterocycles. The molecule has 3 nitrogen and oxygen atoms in total. The normalized spacial score (nSPS) is 57.6. The number of hydrogen-bond acceptors (Lipinski definition) is 3. The summed E-state index contributed by atoms with van der Waals surface area (Å²) in [7, 11) is 0. The molecule has 3 fully saturated rings. The molecule has 4 aliphatic carbocycles. The van der Waals surface area contributed by atoms with Crippen molar-refractivity contribution in [3.8, 4) is 0 Å². The Morgan fingerprint density at radius 3 is 2.59 bits per heavy atom. The second-order valence-corrected chi connectivity index (χ2v) is 8.95. The minimum Gasteiger partial charge on any atom is -0.393 e. The van der Waals surface area contributed by atoms with Crippen LogP contribution >= 0.6 is 0 Å². The van der Waals surface area contributed by atoms with Crippen LogP contribution in [-0.4, -0.2) is 33.6 Å². The van der Waals surface area contributed by atoms with Crippen LogP contribution in [0.4, 0.5) is 0 Å². The zero-order chi connectivity index (χ0) is 15.7. The van der Waals surface area contributed by atoms with Crippen LogP contribution < -0.4 is 0 Å². The van der Waals surface area contributed by atoms with E-state index < -0.39 is 12.2 Å². The summed E-state index contributed by atoms with van der Waals surface area (Å²) in [4.78, 5) is 0. The largest absolute Gasteiger partial charge is 0.393 e. The van der Waals surface area contributed by atoms with Crippen molar-refractivity contribution in [2.24, 2.45) is 28.6 Å². The van der Waals surface area contributed by atoms with E-state index in [9.17, 15) is 15.3 Å². The molecule has 0 saturated heterocycles. The van der Waals surface area contributed by atoms with Crippen molar-refractivity contribution in [1.29, 1.82) is 0 Å². The number of aliphatic hydroxyl groups excluding tert-OH is 3. The van der Waals surface area contributed by atoms with Gasteiger partial charge in [-0.3, -0.25) is 0 Å². The second kappa shape index (κ2) is 4.81. The monoisotopic (exact) mass is 306 g/mol. The summed E-state index contributed by atoms with van der Waals surface area (Å²) in [6, 6.07) is 0. The number of fused-ring (bicyclic) bond motifs is 5. The molecule has 0 heterocycles. The standard InChI is InChI=1S/C19H30O3/c1-18-7-5-12(20)9-11(18)3-4-13-14(18)6-8-19(2)15(13)10-16(21)17(19)22/h3,12-17,20-22H,4-10H2,1-2H3/t12-,13-,14+,15+,16-,17-,18+,19+/m1/s1. The van der Waals surface area contributed by atoms with E-state index in [2.05, 4.69) is 19.9 Å². The van der Waals surface area contributed by atoms with E-state index in [0.29, 0.717) is 17.8 Å². The van der Waals surface area contributed by atoms with E-state index in [1.807, 2.05) is 0 Å². The summed E-state index contributed by atoms with van der Waals surface area (Å²) >= 11 is 0. The summed E-state index contributed by atoms with van der Waals surface area (Å²) in [5, 5.41) is 30.7. The van der Waals surface area contributed by atoms with Gasteiger partial charge in [0.25, 0.3) is 0 Å². The molecule has 0 radical (unpaired) electrons. The van der Waals surface area contributed by atoms with Crippen LogP contribution in [0.5, 0.6) is 0 Å². The van der Waals surface area contributed by atoms with Gasteiger partial charge in [-0.05, 0) is 73.5 Å². The first-order chi connectivity index (χ1) is 10.4. The number of allylic oxidation sites excluding steroid dienone is 1. The Balaban J connectivity index is 1.68. The molecule has 4 aliphatic rings. The Labute approximate surface area is 133 Å². The Bertz CT molecular complexity index is 501. The average Bonchev–Trinajstić information content (AvgIpc) is 2.72. The van der Waals surface area contributed by atoms with Gasteiger partial charge in [0.2, 0.25) is 0 Å². The van der Waals surface area contributed by atoms with Gasteiger partial charge < -0.3 is 15.3 Å². The minimum absolute atomic E-state index is 0.101.